The fourth-order valence-electron chi connectivity index (χ4n) is 3.65. The zero-order chi connectivity index (χ0) is 17.2. The van der Waals surface area contributed by atoms with Crippen molar-refractivity contribution in [3.05, 3.63) is 47.5 Å². The van der Waals surface area contributed by atoms with E-state index in [0.29, 0.717) is 17.4 Å². The number of hydrogen-bond acceptors (Lipinski definition) is 4. The number of likely N-dealkylation sites (tertiary alicyclic amines) is 1. The zero-order valence-electron chi connectivity index (χ0n) is 14.4. The van der Waals surface area contributed by atoms with Crippen molar-refractivity contribution in [1.29, 1.82) is 0 Å². The summed E-state index contributed by atoms with van der Waals surface area (Å²) < 4.78 is 5.03. The number of aromatic amines is 1. The molecule has 6 heteroatoms. The Morgan fingerprint density at radius 1 is 1.32 bits per heavy atom. The van der Waals surface area contributed by atoms with Gasteiger partial charge in [-0.25, -0.2) is 0 Å². The Morgan fingerprint density at radius 2 is 2.24 bits per heavy atom. The maximum atomic E-state index is 12.5. The number of nitrogens with one attached hydrogen (secondary N) is 1. The van der Waals surface area contributed by atoms with Crippen LogP contribution >= 0.6 is 0 Å². The highest BCUT2D eigenvalue weighted by molar-refractivity contribution is 5.92. The Morgan fingerprint density at radius 3 is 3.08 bits per heavy atom. The van der Waals surface area contributed by atoms with Crippen molar-refractivity contribution in [3.8, 4) is 0 Å². The molecule has 25 heavy (non-hydrogen) atoms. The number of benzene rings is 1. The molecule has 1 N–H and O–H groups in total. The molecule has 0 saturated carbocycles. The molecule has 1 aliphatic rings. The highest BCUT2D eigenvalue weighted by atomic mass is 16.5. The Bertz CT molecular complexity index is 882. The Balaban J connectivity index is 1.39. The number of nitrogens with zero attached hydrogens (tertiary/aromatic N) is 3. The number of fused-ring (bicyclic) bond motifs is 1. The van der Waals surface area contributed by atoms with Crippen LogP contribution in [0.4, 0.5) is 0 Å². The predicted octanol–water partition coefficient (Wildman–Crippen LogP) is 3.34. The maximum absolute atomic E-state index is 12.5. The van der Waals surface area contributed by atoms with Crippen molar-refractivity contribution in [2.24, 2.45) is 5.92 Å². The Labute approximate surface area is 146 Å². The molecular formula is C19H22N4O2. The third-order valence-corrected chi connectivity index (χ3v) is 5.01. The van der Waals surface area contributed by atoms with E-state index in [4.69, 9.17) is 4.52 Å². The summed E-state index contributed by atoms with van der Waals surface area (Å²) in [6, 6.07) is 8.19. The lowest BCUT2D eigenvalue weighted by atomic mass is 9.92. The van der Waals surface area contributed by atoms with Gasteiger partial charge in [0.15, 0.2) is 5.69 Å². The van der Waals surface area contributed by atoms with Crippen LogP contribution in [0.15, 0.2) is 35.0 Å². The molecule has 1 aliphatic heterocycles. The first-order valence-corrected chi connectivity index (χ1v) is 8.83. The maximum Gasteiger partial charge on any atom is 0.276 e. The molecule has 0 aliphatic carbocycles. The van der Waals surface area contributed by atoms with Crippen molar-refractivity contribution < 1.29 is 9.32 Å². The monoisotopic (exact) mass is 338 g/mol. The minimum atomic E-state index is -0.0164. The van der Waals surface area contributed by atoms with Crippen LogP contribution in [-0.4, -0.2) is 39.3 Å². The van der Waals surface area contributed by atoms with E-state index < -0.39 is 0 Å². The molecule has 6 nitrogen and oxygen atoms in total. The van der Waals surface area contributed by atoms with Crippen LogP contribution < -0.4 is 0 Å². The lowest BCUT2D eigenvalue weighted by molar-refractivity contribution is 0.0749. The fourth-order valence-corrected chi connectivity index (χ4v) is 3.65. The molecule has 0 radical (unpaired) electrons. The van der Waals surface area contributed by atoms with E-state index in [1.807, 2.05) is 11.1 Å². The average molecular weight is 338 g/mol. The third kappa shape index (κ3) is 3.43. The Kier molecular flexibility index (Phi) is 4.26. The van der Waals surface area contributed by atoms with Crippen molar-refractivity contribution in [2.75, 3.05) is 13.1 Å². The van der Waals surface area contributed by atoms with Gasteiger partial charge in [-0.3, -0.25) is 9.89 Å². The van der Waals surface area contributed by atoms with E-state index >= 15 is 0 Å². The first-order valence-electron chi connectivity index (χ1n) is 8.83. The van der Waals surface area contributed by atoms with E-state index in [1.165, 1.54) is 5.56 Å². The second-order valence-corrected chi connectivity index (χ2v) is 6.91. The first-order chi connectivity index (χ1) is 12.2. The van der Waals surface area contributed by atoms with Crippen LogP contribution in [0.1, 0.15) is 41.1 Å². The summed E-state index contributed by atoms with van der Waals surface area (Å²) in [5, 5.41) is 12.1. The standard InChI is InChI=1S/C19H22N4O2/c1-13-9-18(22-25-13)19(24)23-7-2-3-14(6-8-23)10-15-4-5-17-16(11-15)12-20-21-17/h4-5,9,11-12,14H,2-3,6-8,10H2,1H3,(H,20,21)/t14-/m1/s1. The van der Waals surface area contributed by atoms with Crippen LogP contribution in [0.5, 0.6) is 0 Å². The van der Waals surface area contributed by atoms with Gasteiger partial charge in [0.1, 0.15) is 5.76 Å². The minimum Gasteiger partial charge on any atom is -0.361 e. The van der Waals surface area contributed by atoms with Gasteiger partial charge in [0.2, 0.25) is 0 Å². The van der Waals surface area contributed by atoms with E-state index in [9.17, 15) is 4.79 Å². The van der Waals surface area contributed by atoms with Crippen molar-refractivity contribution in [1.82, 2.24) is 20.3 Å². The van der Waals surface area contributed by atoms with Gasteiger partial charge >= 0.3 is 0 Å². The SMILES string of the molecule is Cc1cc(C(=O)N2CCC[C@@H](Cc3ccc4[nH]ncc4c3)CC2)no1. The summed E-state index contributed by atoms with van der Waals surface area (Å²) in [6.45, 7) is 3.38. The van der Waals surface area contributed by atoms with Crippen LogP contribution in [0.25, 0.3) is 10.9 Å². The van der Waals surface area contributed by atoms with Gasteiger partial charge in [-0.05, 0) is 56.2 Å². The third-order valence-electron chi connectivity index (χ3n) is 5.01. The molecule has 2 aromatic heterocycles. The molecule has 1 aromatic carbocycles. The fraction of sp³-hybridized carbons (Fsp3) is 0.421. The van der Waals surface area contributed by atoms with Gasteiger partial charge in [0.05, 0.1) is 11.7 Å². The van der Waals surface area contributed by atoms with Gasteiger partial charge in [0.25, 0.3) is 5.91 Å². The predicted molar refractivity (Wildman–Crippen MR) is 94.3 cm³/mol. The van der Waals surface area contributed by atoms with Gasteiger partial charge in [-0.2, -0.15) is 5.10 Å². The summed E-state index contributed by atoms with van der Waals surface area (Å²) in [5.41, 5.74) is 2.83. The van der Waals surface area contributed by atoms with Gasteiger partial charge in [-0.15, -0.1) is 0 Å². The van der Waals surface area contributed by atoms with Crippen LogP contribution in [0.3, 0.4) is 0 Å². The highest BCUT2D eigenvalue weighted by Crippen LogP contribution is 2.24. The molecule has 1 atom stereocenters. The number of rotatable bonds is 3. The molecular weight excluding hydrogens is 316 g/mol. The number of hydrogen-bond donors (Lipinski definition) is 1. The molecule has 130 valence electrons. The van der Waals surface area contributed by atoms with Crippen LogP contribution in [0.2, 0.25) is 0 Å². The largest absolute Gasteiger partial charge is 0.361 e. The lowest BCUT2D eigenvalue weighted by Crippen LogP contribution is -2.32. The van der Waals surface area contributed by atoms with Crippen LogP contribution in [0, 0.1) is 12.8 Å². The molecule has 4 rings (SSSR count). The summed E-state index contributed by atoms with van der Waals surface area (Å²) in [4.78, 5) is 14.5. The number of aryl methyl sites for hydroxylation is 1. The normalized spacial score (nSPS) is 18.4. The molecule has 0 unspecified atom stereocenters. The van der Waals surface area contributed by atoms with Gasteiger partial charge < -0.3 is 9.42 Å². The molecule has 1 saturated heterocycles. The molecule has 3 aromatic rings. The number of H-pyrrole nitrogens is 1. The van der Waals surface area contributed by atoms with Crippen LogP contribution in [-0.2, 0) is 6.42 Å². The molecule has 0 bridgehead atoms. The van der Waals surface area contributed by atoms with Gasteiger partial charge in [-0.1, -0.05) is 11.2 Å². The minimum absolute atomic E-state index is 0.0164. The summed E-state index contributed by atoms with van der Waals surface area (Å²) >= 11 is 0. The second kappa shape index (κ2) is 6.70. The number of carbonyl (C=O) groups is 1. The van der Waals surface area contributed by atoms with E-state index in [-0.39, 0.29) is 5.91 Å². The smallest absolute Gasteiger partial charge is 0.276 e. The van der Waals surface area contributed by atoms with Crippen molar-refractivity contribution >= 4 is 16.8 Å². The van der Waals surface area contributed by atoms with Crippen molar-refractivity contribution in [2.45, 2.75) is 32.6 Å². The van der Waals surface area contributed by atoms with Gasteiger partial charge in [0, 0.05) is 24.5 Å². The molecule has 1 fully saturated rings. The summed E-state index contributed by atoms with van der Waals surface area (Å²) in [7, 11) is 0. The van der Waals surface area contributed by atoms with E-state index in [1.54, 1.807) is 13.0 Å². The second-order valence-electron chi connectivity index (χ2n) is 6.91. The average Bonchev–Trinajstić information content (AvgIpc) is 3.18. The number of amides is 1. The molecule has 1 amide bonds. The first kappa shape index (κ1) is 15.9. The Hall–Kier alpha value is -2.63. The lowest BCUT2D eigenvalue weighted by Gasteiger charge is -2.19. The number of carbonyl (C=O) groups excluding carboxylic acids is 1. The van der Waals surface area contributed by atoms with E-state index in [0.717, 1.165) is 49.7 Å². The quantitative estimate of drug-likeness (QED) is 0.795. The van der Waals surface area contributed by atoms with E-state index in [2.05, 4.69) is 33.6 Å². The highest BCUT2D eigenvalue weighted by Gasteiger charge is 2.23. The summed E-state index contributed by atoms with van der Waals surface area (Å²) in [5.74, 6) is 1.25. The number of aromatic nitrogens is 3. The van der Waals surface area contributed by atoms with Crippen molar-refractivity contribution in [3.63, 3.8) is 0 Å². The topological polar surface area (TPSA) is 75.0 Å². The molecule has 3 heterocycles. The summed E-state index contributed by atoms with van der Waals surface area (Å²) in [6.07, 6.45) is 6.11. The molecule has 0 spiro atoms. The zero-order valence-corrected chi connectivity index (χ0v) is 14.4.